The van der Waals surface area contributed by atoms with E-state index in [1.165, 1.54) is 0 Å². The molecule has 2 heterocycles. The van der Waals surface area contributed by atoms with Crippen molar-refractivity contribution >= 4 is 50.6 Å². The molecule has 1 unspecified atom stereocenters. The number of hydrogen-bond acceptors (Lipinski definition) is 4. The number of fused-ring (bicyclic) bond motifs is 1. The number of rotatable bonds is 3. The van der Waals surface area contributed by atoms with E-state index in [0.717, 1.165) is 26.6 Å². The molecule has 0 aliphatic carbocycles. The average molecular weight is 338 g/mol. The minimum atomic E-state index is 0.0766. The molecule has 21 heavy (non-hydrogen) atoms. The lowest BCUT2D eigenvalue weighted by Gasteiger charge is -2.27. The van der Waals surface area contributed by atoms with Gasteiger partial charge in [0.1, 0.15) is 10.6 Å². The maximum Gasteiger partial charge on any atom is 0.225 e. The normalized spacial score (nSPS) is 12.6. The largest absolute Gasteiger partial charge is 0.352 e. The van der Waals surface area contributed by atoms with Crippen molar-refractivity contribution in [2.75, 3.05) is 11.9 Å². The van der Waals surface area contributed by atoms with E-state index >= 15 is 0 Å². The zero-order valence-corrected chi connectivity index (χ0v) is 13.9. The summed E-state index contributed by atoms with van der Waals surface area (Å²) in [5, 5.41) is 4.01. The van der Waals surface area contributed by atoms with E-state index in [9.17, 15) is 0 Å². The first kappa shape index (κ1) is 14.6. The van der Waals surface area contributed by atoms with Crippen molar-refractivity contribution in [2.24, 2.45) is 0 Å². The fourth-order valence-electron chi connectivity index (χ4n) is 2.29. The van der Waals surface area contributed by atoms with Gasteiger partial charge in [-0.05, 0) is 41.6 Å². The lowest BCUT2D eigenvalue weighted by atomic mass is 10.1. The topological polar surface area (TPSA) is 29.0 Å². The van der Waals surface area contributed by atoms with Crippen LogP contribution in [0.4, 0.5) is 5.82 Å². The van der Waals surface area contributed by atoms with Gasteiger partial charge in [-0.15, -0.1) is 11.3 Å². The van der Waals surface area contributed by atoms with Crippen LogP contribution < -0.4 is 4.90 Å². The van der Waals surface area contributed by atoms with Crippen molar-refractivity contribution in [2.45, 2.75) is 13.0 Å². The molecule has 0 N–H and O–H groups in total. The van der Waals surface area contributed by atoms with Gasteiger partial charge in [-0.2, -0.15) is 4.98 Å². The van der Waals surface area contributed by atoms with Crippen LogP contribution in [0.3, 0.4) is 0 Å². The monoisotopic (exact) mass is 337 g/mol. The second kappa shape index (κ2) is 5.79. The van der Waals surface area contributed by atoms with Crippen LogP contribution in [0.2, 0.25) is 10.3 Å². The van der Waals surface area contributed by atoms with Crippen LogP contribution in [-0.4, -0.2) is 17.0 Å². The summed E-state index contributed by atoms with van der Waals surface area (Å²) in [6, 6.07) is 9.93. The van der Waals surface area contributed by atoms with Crippen LogP contribution in [-0.2, 0) is 0 Å². The van der Waals surface area contributed by atoms with E-state index in [1.54, 1.807) is 11.3 Å². The standard InChI is InChI=1S/C15H13Cl2N3S/c1-9(10-5-3-4-6-12(10)16)20(2)13-11-7-8-21-14(11)19-15(17)18-13/h3-9H,1-2H3. The number of hydrogen-bond donors (Lipinski definition) is 0. The Bertz CT molecular complexity index is 787. The molecule has 0 saturated heterocycles. The Morgan fingerprint density at radius 2 is 1.90 bits per heavy atom. The average Bonchev–Trinajstić information content (AvgIpc) is 2.93. The number of thiophene rings is 1. The van der Waals surface area contributed by atoms with Crippen LogP contribution in [0.25, 0.3) is 10.2 Å². The van der Waals surface area contributed by atoms with Crippen LogP contribution in [0.5, 0.6) is 0 Å². The lowest BCUT2D eigenvalue weighted by Crippen LogP contribution is -2.23. The van der Waals surface area contributed by atoms with Crippen molar-refractivity contribution < 1.29 is 0 Å². The number of halogens is 2. The summed E-state index contributed by atoms with van der Waals surface area (Å²) in [4.78, 5) is 11.6. The highest BCUT2D eigenvalue weighted by Gasteiger charge is 2.19. The van der Waals surface area contributed by atoms with E-state index in [1.807, 2.05) is 42.8 Å². The van der Waals surface area contributed by atoms with Crippen LogP contribution in [0, 0.1) is 0 Å². The molecule has 1 aromatic carbocycles. The third-order valence-corrected chi connectivity index (χ3v) is 4.87. The molecule has 0 bridgehead atoms. The quantitative estimate of drug-likeness (QED) is 0.615. The summed E-state index contributed by atoms with van der Waals surface area (Å²) in [6.45, 7) is 2.09. The first-order chi connectivity index (χ1) is 10.1. The molecule has 3 aromatic rings. The molecule has 3 rings (SSSR count). The van der Waals surface area contributed by atoms with E-state index < -0.39 is 0 Å². The lowest BCUT2D eigenvalue weighted by molar-refractivity contribution is 0.731. The van der Waals surface area contributed by atoms with Crippen molar-refractivity contribution in [3.05, 3.63) is 51.6 Å². The molecule has 0 spiro atoms. The second-order valence-electron chi connectivity index (χ2n) is 4.76. The highest BCUT2D eigenvalue weighted by Crippen LogP contribution is 2.34. The number of anilines is 1. The molecule has 3 nitrogen and oxygen atoms in total. The highest BCUT2D eigenvalue weighted by molar-refractivity contribution is 7.16. The van der Waals surface area contributed by atoms with Gasteiger partial charge in [-0.25, -0.2) is 4.98 Å². The molecular weight excluding hydrogens is 325 g/mol. The minimum Gasteiger partial charge on any atom is -0.352 e. The van der Waals surface area contributed by atoms with Gasteiger partial charge in [-0.3, -0.25) is 0 Å². The van der Waals surface area contributed by atoms with E-state index in [2.05, 4.69) is 21.8 Å². The van der Waals surface area contributed by atoms with E-state index in [4.69, 9.17) is 23.2 Å². The Balaban J connectivity index is 2.06. The van der Waals surface area contributed by atoms with Gasteiger partial charge >= 0.3 is 0 Å². The Kier molecular flexibility index (Phi) is 4.02. The predicted molar refractivity (Wildman–Crippen MR) is 90.7 cm³/mol. The van der Waals surface area contributed by atoms with Gasteiger partial charge in [0.2, 0.25) is 5.28 Å². The Morgan fingerprint density at radius 3 is 2.67 bits per heavy atom. The van der Waals surface area contributed by atoms with Crippen LogP contribution in [0.1, 0.15) is 18.5 Å². The zero-order valence-electron chi connectivity index (χ0n) is 11.5. The number of nitrogens with zero attached hydrogens (tertiary/aromatic N) is 3. The molecular formula is C15H13Cl2N3S. The molecule has 0 fully saturated rings. The third kappa shape index (κ3) is 2.71. The maximum absolute atomic E-state index is 6.30. The molecule has 108 valence electrons. The molecule has 0 aliphatic heterocycles. The Morgan fingerprint density at radius 1 is 1.14 bits per heavy atom. The molecule has 0 aliphatic rings. The van der Waals surface area contributed by atoms with Crippen molar-refractivity contribution in [3.63, 3.8) is 0 Å². The van der Waals surface area contributed by atoms with Gasteiger partial charge in [0, 0.05) is 12.1 Å². The zero-order chi connectivity index (χ0) is 15.0. The summed E-state index contributed by atoms with van der Waals surface area (Å²) in [5.41, 5.74) is 1.06. The summed E-state index contributed by atoms with van der Waals surface area (Å²) < 4.78 is 0. The van der Waals surface area contributed by atoms with Gasteiger partial charge in [-0.1, -0.05) is 29.8 Å². The molecule has 0 saturated carbocycles. The summed E-state index contributed by atoms with van der Waals surface area (Å²) in [7, 11) is 1.99. The third-order valence-electron chi connectivity index (χ3n) is 3.55. The van der Waals surface area contributed by atoms with Crippen LogP contribution >= 0.6 is 34.5 Å². The molecule has 1 atom stereocenters. The highest BCUT2D eigenvalue weighted by atomic mass is 35.5. The Hall–Kier alpha value is -1.36. The van der Waals surface area contributed by atoms with Crippen LogP contribution in [0.15, 0.2) is 35.7 Å². The van der Waals surface area contributed by atoms with Gasteiger partial charge in [0.15, 0.2) is 0 Å². The molecule has 2 aromatic heterocycles. The molecule has 0 radical (unpaired) electrons. The van der Waals surface area contributed by atoms with Gasteiger partial charge in [0.25, 0.3) is 0 Å². The van der Waals surface area contributed by atoms with Crippen molar-refractivity contribution in [1.82, 2.24) is 9.97 Å². The van der Waals surface area contributed by atoms with Crippen molar-refractivity contribution in [3.8, 4) is 0 Å². The number of aromatic nitrogens is 2. The smallest absolute Gasteiger partial charge is 0.225 e. The van der Waals surface area contributed by atoms with Crippen molar-refractivity contribution in [1.29, 1.82) is 0 Å². The predicted octanol–water partition coefficient (Wildman–Crippen LogP) is 5.20. The SMILES string of the molecule is CC(c1ccccc1Cl)N(C)c1nc(Cl)nc2sccc12. The molecule has 6 heteroatoms. The maximum atomic E-state index is 6.30. The summed E-state index contributed by atoms with van der Waals surface area (Å²) >= 11 is 13.9. The first-order valence-electron chi connectivity index (χ1n) is 6.46. The minimum absolute atomic E-state index is 0.0766. The van der Waals surface area contributed by atoms with Gasteiger partial charge in [0.05, 0.1) is 11.4 Å². The first-order valence-corrected chi connectivity index (χ1v) is 8.09. The summed E-state index contributed by atoms with van der Waals surface area (Å²) in [6.07, 6.45) is 0. The van der Waals surface area contributed by atoms with E-state index in [0.29, 0.717) is 0 Å². The molecule has 0 amide bonds. The van der Waals surface area contributed by atoms with E-state index in [-0.39, 0.29) is 11.3 Å². The fourth-order valence-corrected chi connectivity index (χ4v) is 3.56. The fraction of sp³-hybridized carbons (Fsp3) is 0.200. The number of benzene rings is 1. The summed E-state index contributed by atoms with van der Waals surface area (Å²) in [5.74, 6) is 0.818. The second-order valence-corrected chi connectivity index (χ2v) is 6.40. The van der Waals surface area contributed by atoms with Gasteiger partial charge < -0.3 is 4.90 Å². The Labute approximate surface area is 137 Å².